The molecule has 1 rings (SSSR count). The Bertz CT molecular complexity index is 448. The van der Waals surface area contributed by atoms with E-state index in [1.807, 2.05) is 0 Å². The highest BCUT2D eigenvalue weighted by Crippen LogP contribution is 2.34. The van der Waals surface area contributed by atoms with E-state index in [0.29, 0.717) is 16.7 Å². The molecule has 0 radical (unpaired) electrons. The molecule has 0 unspecified atom stereocenters. The van der Waals surface area contributed by atoms with Gasteiger partial charge in [0.2, 0.25) is 5.91 Å². The molecule has 2 N–H and O–H groups in total. The molecule has 1 aromatic carbocycles. The summed E-state index contributed by atoms with van der Waals surface area (Å²) in [5.41, 5.74) is 6.91. The summed E-state index contributed by atoms with van der Waals surface area (Å²) in [4.78, 5) is 11.5. The molecule has 0 bridgehead atoms. The van der Waals surface area contributed by atoms with Crippen molar-refractivity contribution in [2.75, 3.05) is 0 Å². The van der Waals surface area contributed by atoms with Gasteiger partial charge in [-0.3, -0.25) is 4.79 Å². The average molecular weight is 262 g/mol. The second-order valence-corrected chi connectivity index (χ2v) is 6.09. The van der Waals surface area contributed by atoms with Crippen LogP contribution in [0.25, 0.3) is 0 Å². The first-order valence-corrected chi connectivity index (χ1v) is 6.84. The fourth-order valence-electron chi connectivity index (χ4n) is 1.41. The highest BCUT2D eigenvalue weighted by molar-refractivity contribution is 8.00. The lowest BCUT2D eigenvalue weighted by atomic mass is 10.1. The van der Waals surface area contributed by atoms with Crippen molar-refractivity contribution in [3.63, 3.8) is 0 Å². The Morgan fingerprint density at radius 1 is 1.28 bits per heavy atom. The van der Waals surface area contributed by atoms with Crippen LogP contribution in [0.3, 0.4) is 0 Å². The van der Waals surface area contributed by atoms with Gasteiger partial charge in [-0.05, 0) is 23.6 Å². The van der Waals surface area contributed by atoms with Gasteiger partial charge >= 0.3 is 0 Å². The number of amides is 1. The first-order chi connectivity index (χ1) is 8.45. The van der Waals surface area contributed by atoms with Crippen LogP contribution in [0.2, 0.25) is 0 Å². The van der Waals surface area contributed by atoms with Crippen molar-refractivity contribution in [3.8, 4) is 6.07 Å². The van der Waals surface area contributed by atoms with Gasteiger partial charge in [0.1, 0.15) is 5.25 Å². The Balaban J connectivity index is 2.91. The third-order valence-electron chi connectivity index (χ3n) is 2.89. The summed E-state index contributed by atoms with van der Waals surface area (Å²) in [6.45, 7) is 6.33. The maximum Gasteiger partial charge on any atom is 0.235 e. The Morgan fingerprint density at radius 2 is 1.83 bits per heavy atom. The maximum atomic E-state index is 11.5. The van der Waals surface area contributed by atoms with Gasteiger partial charge in [-0.1, -0.05) is 32.9 Å². The van der Waals surface area contributed by atoms with Gasteiger partial charge in [0.05, 0.1) is 11.6 Å². The number of rotatable bonds is 5. The summed E-state index contributed by atoms with van der Waals surface area (Å²) < 4.78 is 0. The molecule has 0 aromatic heterocycles. The van der Waals surface area contributed by atoms with Crippen LogP contribution >= 0.6 is 11.8 Å². The number of nitrogens with zero attached hydrogens (tertiary/aromatic N) is 1. The molecule has 0 aliphatic carbocycles. The van der Waals surface area contributed by atoms with Crippen molar-refractivity contribution in [3.05, 3.63) is 35.4 Å². The summed E-state index contributed by atoms with van der Waals surface area (Å²) in [6.07, 6.45) is 0. The molecule has 0 heterocycles. The van der Waals surface area contributed by atoms with Crippen molar-refractivity contribution in [2.45, 2.75) is 31.3 Å². The van der Waals surface area contributed by atoms with Gasteiger partial charge in [0.15, 0.2) is 0 Å². The zero-order valence-electron chi connectivity index (χ0n) is 10.9. The number of nitriles is 1. The molecule has 0 aliphatic heterocycles. The van der Waals surface area contributed by atoms with Crippen LogP contribution in [0.15, 0.2) is 24.3 Å². The topological polar surface area (TPSA) is 66.9 Å². The summed E-state index contributed by atoms with van der Waals surface area (Å²) in [6, 6.07) is 9.09. The number of hydrogen-bond acceptors (Lipinski definition) is 3. The quantitative estimate of drug-likeness (QED) is 0.887. The molecule has 3 nitrogen and oxygen atoms in total. The number of primary amides is 1. The van der Waals surface area contributed by atoms with Gasteiger partial charge in [-0.25, -0.2) is 0 Å². The second kappa shape index (κ2) is 6.46. The highest BCUT2D eigenvalue weighted by atomic mass is 32.2. The molecule has 0 aliphatic rings. The van der Waals surface area contributed by atoms with E-state index < -0.39 is 0 Å². The minimum Gasteiger partial charge on any atom is -0.368 e. The van der Waals surface area contributed by atoms with Crippen molar-refractivity contribution in [2.24, 2.45) is 11.7 Å². The second-order valence-electron chi connectivity index (χ2n) is 4.60. The number of thioether (sulfide) groups is 1. The van der Waals surface area contributed by atoms with Crippen LogP contribution in [0.1, 0.15) is 37.1 Å². The zero-order valence-corrected chi connectivity index (χ0v) is 11.7. The predicted octanol–water partition coefficient (Wildman–Crippen LogP) is 2.86. The van der Waals surface area contributed by atoms with Crippen molar-refractivity contribution in [1.29, 1.82) is 5.26 Å². The Kier molecular flexibility index (Phi) is 5.24. The molecule has 0 saturated heterocycles. The van der Waals surface area contributed by atoms with Crippen LogP contribution in [-0.2, 0) is 4.79 Å². The van der Waals surface area contributed by atoms with E-state index in [9.17, 15) is 4.79 Å². The monoisotopic (exact) mass is 262 g/mol. The SMILES string of the molecule is CC(C)[C@H](C)S[C@H](C(N)=O)c1ccc(C#N)cc1. The smallest absolute Gasteiger partial charge is 0.235 e. The van der Waals surface area contributed by atoms with Crippen LogP contribution in [0.5, 0.6) is 0 Å². The summed E-state index contributed by atoms with van der Waals surface area (Å²) >= 11 is 1.57. The Morgan fingerprint density at radius 3 is 2.22 bits per heavy atom. The first-order valence-electron chi connectivity index (χ1n) is 5.90. The lowest BCUT2D eigenvalue weighted by Gasteiger charge is -2.21. The molecule has 1 aromatic rings. The van der Waals surface area contributed by atoms with Gasteiger partial charge in [-0.2, -0.15) is 5.26 Å². The maximum absolute atomic E-state index is 11.5. The molecule has 0 spiro atoms. The Hall–Kier alpha value is -1.47. The fourth-order valence-corrected chi connectivity index (χ4v) is 2.61. The molecule has 1 amide bonds. The van der Waals surface area contributed by atoms with Crippen LogP contribution < -0.4 is 5.73 Å². The van der Waals surface area contributed by atoms with E-state index >= 15 is 0 Å². The van der Waals surface area contributed by atoms with E-state index in [-0.39, 0.29) is 11.2 Å². The van der Waals surface area contributed by atoms with Gasteiger partial charge < -0.3 is 5.73 Å². The van der Waals surface area contributed by atoms with Crippen molar-refractivity contribution < 1.29 is 4.79 Å². The van der Waals surface area contributed by atoms with E-state index in [1.54, 1.807) is 36.0 Å². The number of nitrogens with two attached hydrogens (primary N) is 1. The number of benzene rings is 1. The Labute approximate surface area is 112 Å². The zero-order chi connectivity index (χ0) is 13.7. The molecular formula is C14H18N2OS. The highest BCUT2D eigenvalue weighted by Gasteiger charge is 2.22. The molecule has 96 valence electrons. The number of carbonyl (C=O) groups is 1. The normalized spacial score (nSPS) is 13.9. The lowest BCUT2D eigenvalue weighted by molar-refractivity contribution is -0.117. The van der Waals surface area contributed by atoms with Crippen LogP contribution in [-0.4, -0.2) is 11.2 Å². The molecule has 18 heavy (non-hydrogen) atoms. The van der Waals surface area contributed by atoms with Gasteiger partial charge in [-0.15, -0.1) is 11.8 Å². The van der Waals surface area contributed by atoms with E-state index in [4.69, 9.17) is 11.0 Å². The van der Waals surface area contributed by atoms with Gasteiger partial charge in [0, 0.05) is 5.25 Å². The third-order valence-corrected chi connectivity index (χ3v) is 4.64. The molecule has 2 atom stereocenters. The molecule has 0 saturated carbocycles. The molecule has 4 heteroatoms. The minimum absolute atomic E-state index is 0.336. The fraction of sp³-hybridized carbons (Fsp3) is 0.429. The summed E-state index contributed by atoms with van der Waals surface area (Å²) in [5, 5.41) is 8.74. The van der Waals surface area contributed by atoms with E-state index in [1.165, 1.54) is 0 Å². The lowest BCUT2D eigenvalue weighted by Crippen LogP contribution is -2.22. The third kappa shape index (κ3) is 3.78. The average Bonchev–Trinajstić information content (AvgIpc) is 2.35. The summed E-state index contributed by atoms with van der Waals surface area (Å²) in [7, 11) is 0. The first kappa shape index (κ1) is 14.6. The van der Waals surface area contributed by atoms with Crippen LogP contribution in [0, 0.1) is 17.2 Å². The van der Waals surface area contributed by atoms with Crippen LogP contribution in [0.4, 0.5) is 0 Å². The predicted molar refractivity (Wildman–Crippen MR) is 75.0 cm³/mol. The van der Waals surface area contributed by atoms with E-state index in [0.717, 1.165) is 5.56 Å². The van der Waals surface area contributed by atoms with Crippen molar-refractivity contribution >= 4 is 17.7 Å². The van der Waals surface area contributed by atoms with Crippen molar-refractivity contribution in [1.82, 2.24) is 0 Å². The summed E-state index contributed by atoms with van der Waals surface area (Å²) in [5.74, 6) is 0.146. The molecule has 0 fully saturated rings. The van der Waals surface area contributed by atoms with E-state index in [2.05, 4.69) is 26.8 Å². The largest absolute Gasteiger partial charge is 0.368 e. The standard InChI is InChI=1S/C14H18N2OS/c1-9(2)10(3)18-13(14(16)17)12-6-4-11(8-15)5-7-12/h4-7,9-10,13H,1-3H3,(H2,16,17)/t10-,13-/m0/s1. The number of carbonyl (C=O) groups excluding carboxylic acids is 1. The minimum atomic E-state index is -0.352. The molecular weight excluding hydrogens is 244 g/mol. The number of hydrogen-bond donors (Lipinski definition) is 1. The van der Waals surface area contributed by atoms with Gasteiger partial charge in [0.25, 0.3) is 0 Å².